The molecular weight excluding hydrogens is 292 g/mol. The van der Waals surface area contributed by atoms with Crippen molar-refractivity contribution in [3.8, 4) is 23.0 Å². The molecule has 0 amide bonds. The zero-order valence-corrected chi connectivity index (χ0v) is 13.6. The van der Waals surface area contributed by atoms with Crippen LogP contribution in [0.3, 0.4) is 0 Å². The number of aliphatic hydroxyl groups is 1. The maximum atomic E-state index is 9.18. The van der Waals surface area contributed by atoms with Crippen molar-refractivity contribution < 1.29 is 5.11 Å². The summed E-state index contributed by atoms with van der Waals surface area (Å²) in [4.78, 5) is 0. The Morgan fingerprint density at radius 3 is 2.12 bits per heavy atom. The summed E-state index contributed by atoms with van der Waals surface area (Å²) in [5, 5.41) is 9.18. The van der Waals surface area contributed by atoms with E-state index in [1.54, 1.807) is 0 Å². The van der Waals surface area contributed by atoms with E-state index in [0.29, 0.717) is 0 Å². The van der Waals surface area contributed by atoms with E-state index in [-0.39, 0.29) is 6.61 Å². The summed E-state index contributed by atoms with van der Waals surface area (Å²) in [6, 6.07) is 26.7. The number of aliphatic hydroxyl groups excluding tert-OH is 1. The van der Waals surface area contributed by atoms with Gasteiger partial charge in [0.15, 0.2) is 0 Å². The van der Waals surface area contributed by atoms with E-state index < -0.39 is 0 Å². The number of aryl methyl sites for hydroxylation is 1. The SMILES string of the molecule is OCCCc1cccc(-c2ccccc2)c1C#Cc1ccccc1. The van der Waals surface area contributed by atoms with Crippen molar-refractivity contribution in [2.75, 3.05) is 6.61 Å². The van der Waals surface area contributed by atoms with Crippen molar-refractivity contribution in [2.24, 2.45) is 0 Å². The van der Waals surface area contributed by atoms with E-state index in [2.05, 4.69) is 42.2 Å². The number of hydrogen-bond acceptors (Lipinski definition) is 1. The van der Waals surface area contributed by atoms with Crippen molar-refractivity contribution in [3.05, 3.63) is 95.6 Å². The lowest BCUT2D eigenvalue weighted by Crippen LogP contribution is -1.96. The van der Waals surface area contributed by atoms with Crippen LogP contribution in [0.25, 0.3) is 11.1 Å². The molecule has 0 aliphatic heterocycles. The molecule has 3 aromatic rings. The first-order valence-electron chi connectivity index (χ1n) is 8.24. The third-order valence-electron chi connectivity index (χ3n) is 3.95. The first-order valence-corrected chi connectivity index (χ1v) is 8.24. The highest BCUT2D eigenvalue weighted by Crippen LogP contribution is 2.26. The molecule has 1 N–H and O–H groups in total. The molecule has 3 rings (SSSR count). The van der Waals surface area contributed by atoms with E-state index >= 15 is 0 Å². The molecule has 0 radical (unpaired) electrons. The van der Waals surface area contributed by atoms with Gasteiger partial charge in [-0.25, -0.2) is 0 Å². The van der Waals surface area contributed by atoms with Gasteiger partial charge in [-0.2, -0.15) is 0 Å². The lowest BCUT2D eigenvalue weighted by molar-refractivity contribution is 0.288. The van der Waals surface area contributed by atoms with E-state index in [1.165, 1.54) is 11.1 Å². The van der Waals surface area contributed by atoms with Gasteiger partial charge in [0.25, 0.3) is 0 Å². The number of benzene rings is 3. The molecule has 118 valence electrons. The van der Waals surface area contributed by atoms with Gasteiger partial charge in [0.05, 0.1) is 0 Å². The highest BCUT2D eigenvalue weighted by molar-refractivity contribution is 5.73. The van der Waals surface area contributed by atoms with E-state index in [4.69, 9.17) is 0 Å². The van der Waals surface area contributed by atoms with Gasteiger partial charge in [-0.1, -0.05) is 78.6 Å². The highest BCUT2D eigenvalue weighted by Gasteiger charge is 2.08. The van der Waals surface area contributed by atoms with Gasteiger partial charge in [-0.05, 0) is 41.7 Å². The van der Waals surface area contributed by atoms with E-state index in [9.17, 15) is 5.11 Å². The molecule has 0 aliphatic carbocycles. The summed E-state index contributed by atoms with van der Waals surface area (Å²) in [5.41, 5.74) is 5.57. The van der Waals surface area contributed by atoms with Crippen LogP contribution in [0, 0.1) is 11.8 Å². The van der Waals surface area contributed by atoms with Crippen molar-refractivity contribution in [2.45, 2.75) is 12.8 Å². The minimum atomic E-state index is 0.196. The Bertz CT molecular complexity index is 839. The topological polar surface area (TPSA) is 20.2 Å². The highest BCUT2D eigenvalue weighted by atomic mass is 16.2. The second kappa shape index (κ2) is 8.15. The molecule has 24 heavy (non-hydrogen) atoms. The Kier molecular flexibility index (Phi) is 5.45. The average molecular weight is 312 g/mol. The quantitative estimate of drug-likeness (QED) is 0.694. The molecule has 0 atom stereocenters. The molecule has 3 aromatic carbocycles. The van der Waals surface area contributed by atoms with Crippen LogP contribution < -0.4 is 0 Å². The maximum absolute atomic E-state index is 9.18. The monoisotopic (exact) mass is 312 g/mol. The summed E-state index contributed by atoms with van der Waals surface area (Å²) in [7, 11) is 0. The van der Waals surface area contributed by atoms with Crippen molar-refractivity contribution in [1.29, 1.82) is 0 Å². The minimum Gasteiger partial charge on any atom is -0.396 e. The number of hydrogen-bond donors (Lipinski definition) is 1. The molecule has 0 saturated heterocycles. The normalized spacial score (nSPS) is 10.0. The second-order valence-electron chi connectivity index (χ2n) is 5.65. The lowest BCUT2D eigenvalue weighted by Gasteiger charge is -2.10. The van der Waals surface area contributed by atoms with Crippen molar-refractivity contribution in [3.63, 3.8) is 0 Å². The molecule has 0 heterocycles. The second-order valence-corrected chi connectivity index (χ2v) is 5.65. The molecule has 1 nitrogen and oxygen atoms in total. The molecular formula is C23H20O. The summed E-state index contributed by atoms with van der Waals surface area (Å²) >= 11 is 0. The summed E-state index contributed by atoms with van der Waals surface area (Å²) in [5.74, 6) is 6.65. The Morgan fingerprint density at radius 2 is 1.42 bits per heavy atom. The summed E-state index contributed by atoms with van der Waals surface area (Å²) in [6.07, 6.45) is 1.58. The number of rotatable bonds is 4. The molecule has 0 aromatic heterocycles. The van der Waals surface area contributed by atoms with Gasteiger partial charge in [-0.15, -0.1) is 0 Å². The predicted octanol–water partition coefficient (Wildman–Crippen LogP) is 4.68. The van der Waals surface area contributed by atoms with Crippen LogP contribution in [0.1, 0.15) is 23.1 Å². The fraction of sp³-hybridized carbons (Fsp3) is 0.130. The fourth-order valence-corrected chi connectivity index (χ4v) is 2.74. The van der Waals surface area contributed by atoms with Crippen LogP contribution in [0.4, 0.5) is 0 Å². The molecule has 0 unspecified atom stereocenters. The molecule has 0 fully saturated rings. The Labute approximate surface area is 143 Å². The zero-order chi connectivity index (χ0) is 16.6. The van der Waals surface area contributed by atoms with Gasteiger partial charge in [0, 0.05) is 17.7 Å². The minimum absolute atomic E-state index is 0.196. The third kappa shape index (κ3) is 3.93. The Balaban J connectivity index is 2.08. The molecule has 1 heteroatoms. The van der Waals surface area contributed by atoms with Crippen LogP contribution in [-0.2, 0) is 6.42 Å². The zero-order valence-electron chi connectivity index (χ0n) is 13.6. The summed E-state index contributed by atoms with van der Waals surface area (Å²) in [6.45, 7) is 0.196. The van der Waals surface area contributed by atoms with Gasteiger partial charge < -0.3 is 5.11 Å². The van der Waals surface area contributed by atoms with Crippen LogP contribution in [0.2, 0.25) is 0 Å². The smallest absolute Gasteiger partial charge is 0.0434 e. The van der Waals surface area contributed by atoms with Gasteiger partial charge in [-0.3, -0.25) is 0 Å². The average Bonchev–Trinajstić information content (AvgIpc) is 2.66. The standard InChI is InChI=1S/C23H20O/c24-18-8-14-21-13-7-15-22(20-11-5-2-6-12-20)23(21)17-16-19-9-3-1-4-10-19/h1-7,9-13,15,24H,8,14,18H2. The van der Waals surface area contributed by atoms with E-state index in [0.717, 1.165) is 29.5 Å². The third-order valence-corrected chi connectivity index (χ3v) is 3.95. The van der Waals surface area contributed by atoms with Crippen LogP contribution >= 0.6 is 0 Å². The fourth-order valence-electron chi connectivity index (χ4n) is 2.74. The van der Waals surface area contributed by atoms with Crippen molar-refractivity contribution >= 4 is 0 Å². The van der Waals surface area contributed by atoms with Crippen LogP contribution in [0.15, 0.2) is 78.9 Å². The van der Waals surface area contributed by atoms with E-state index in [1.807, 2.05) is 48.5 Å². The van der Waals surface area contributed by atoms with Gasteiger partial charge in [0.2, 0.25) is 0 Å². The van der Waals surface area contributed by atoms with Gasteiger partial charge >= 0.3 is 0 Å². The molecule has 0 bridgehead atoms. The summed E-state index contributed by atoms with van der Waals surface area (Å²) < 4.78 is 0. The Hall–Kier alpha value is -2.82. The molecule has 0 spiro atoms. The van der Waals surface area contributed by atoms with Crippen LogP contribution in [0.5, 0.6) is 0 Å². The first-order chi connectivity index (χ1) is 11.9. The lowest BCUT2D eigenvalue weighted by atomic mass is 9.93. The molecule has 0 saturated carbocycles. The van der Waals surface area contributed by atoms with Gasteiger partial charge in [0.1, 0.15) is 0 Å². The first kappa shape index (κ1) is 16.1. The molecule has 0 aliphatic rings. The Morgan fingerprint density at radius 1 is 0.708 bits per heavy atom. The largest absolute Gasteiger partial charge is 0.396 e. The predicted molar refractivity (Wildman–Crippen MR) is 99.7 cm³/mol. The van der Waals surface area contributed by atoms with Crippen molar-refractivity contribution in [1.82, 2.24) is 0 Å². The maximum Gasteiger partial charge on any atom is 0.0434 e. The van der Waals surface area contributed by atoms with Crippen LogP contribution in [-0.4, -0.2) is 11.7 Å².